The van der Waals surface area contributed by atoms with E-state index in [9.17, 15) is 9.59 Å². The van der Waals surface area contributed by atoms with Crippen molar-refractivity contribution >= 4 is 52.8 Å². The van der Waals surface area contributed by atoms with Crippen molar-refractivity contribution in [2.24, 2.45) is 28.7 Å². The van der Waals surface area contributed by atoms with Crippen molar-refractivity contribution in [1.82, 2.24) is 25.1 Å². The Balaban J connectivity index is 0.00000259. The number of rotatable bonds is 8. The average Bonchev–Trinajstić information content (AvgIpc) is 3.56. The Kier molecular flexibility index (Phi) is 7.35. The zero-order valence-electron chi connectivity index (χ0n) is 18.8. The van der Waals surface area contributed by atoms with Gasteiger partial charge in [-0.15, -0.1) is 24.0 Å². The molecule has 1 aliphatic heterocycles. The lowest BCUT2D eigenvalue weighted by Crippen LogP contribution is -2.43. The molecule has 4 unspecified atom stereocenters. The molecule has 4 atom stereocenters. The third-order valence-electron chi connectivity index (χ3n) is 6.89. The van der Waals surface area contributed by atoms with Crippen molar-refractivity contribution in [3.05, 3.63) is 42.7 Å². The van der Waals surface area contributed by atoms with Crippen LogP contribution >= 0.6 is 24.0 Å². The van der Waals surface area contributed by atoms with E-state index in [-0.39, 0.29) is 59.5 Å². The van der Waals surface area contributed by atoms with E-state index in [0.29, 0.717) is 25.6 Å². The van der Waals surface area contributed by atoms with E-state index in [1.807, 2.05) is 31.5 Å². The van der Waals surface area contributed by atoms with Crippen LogP contribution in [0.3, 0.4) is 0 Å². The van der Waals surface area contributed by atoms with Crippen molar-refractivity contribution in [2.75, 3.05) is 26.2 Å². The van der Waals surface area contributed by atoms with Crippen LogP contribution in [0.15, 0.2) is 47.7 Å². The number of halogens is 1. The number of imide groups is 1. The SMILES string of the molecule is CCNC(=NCCCn1cnc2ccccc21)NCCN1C(=O)C2C3C=CC(C3)C2C1=O.I. The maximum atomic E-state index is 12.8. The van der Waals surface area contributed by atoms with Gasteiger partial charge in [0.1, 0.15) is 0 Å². The summed E-state index contributed by atoms with van der Waals surface area (Å²) in [6, 6.07) is 8.11. The number of hydrogen-bond donors (Lipinski definition) is 2. The molecule has 5 rings (SSSR count). The van der Waals surface area contributed by atoms with Gasteiger partial charge in [-0.1, -0.05) is 24.3 Å². The Morgan fingerprint density at radius 1 is 1.09 bits per heavy atom. The number of hydrogen-bond acceptors (Lipinski definition) is 4. The fourth-order valence-corrected chi connectivity index (χ4v) is 5.43. The lowest BCUT2D eigenvalue weighted by Gasteiger charge is -2.18. The summed E-state index contributed by atoms with van der Waals surface area (Å²) in [4.78, 5) is 36.1. The van der Waals surface area contributed by atoms with Gasteiger partial charge in [-0.05, 0) is 43.7 Å². The van der Waals surface area contributed by atoms with E-state index < -0.39 is 0 Å². The molecule has 1 saturated carbocycles. The van der Waals surface area contributed by atoms with Crippen LogP contribution in [0.5, 0.6) is 0 Å². The number of carbonyl (C=O) groups excluding carboxylic acids is 2. The number of likely N-dealkylation sites (tertiary alicyclic amines) is 1. The van der Waals surface area contributed by atoms with Crippen LogP contribution in [-0.4, -0.2) is 58.4 Å². The molecule has 2 N–H and O–H groups in total. The molecule has 1 aromatic heterocycles. The monoisotopic (exact) mass is 562 g/mol. The molecule has 176 valence electrons. The summed E-state index contributed by atoms with van der Waals surface area (Å²) in [7, 11) is 0. The summed E-state index contributed by atoms with van der Waals surface area (Å²) in [5.74, 6) is 0.986. The number of nitrogens with zero attached hydrogens (tertiary/aromatic N) is 4. The molecule has 2 fully saturated rings. The van der Waals surface area contributed by atoms with Crippen molar-refractivity contribution in [1.29, 1.82) is 0 Å². The molecule has 9 heteroatoms. The second-order valence-electron chi connectivity index (χ2n) is 8.80. The minimum absolute atomic E-state index is 0. The number of amides is 2. The lowest BCUT2D eigenvalue weighted by atomic mass is 9.85. The molecule has 1 saturated heterocycles. The van der Waals surface area contributed by atoms with E-state index in [4.69, 9.17) is 0 Å². The quantitative estimate of drug-likeness (QED) is 0.129. The normalized spacial score (nSPS) is 25.6. The van der Waals surface area contributed by atoms with Gasteiger partial charge in [0.05, 0.1) is 29.2 Å². The van der Waals surface area contributed by atoms with E-state index in [2.05, 4.69) is 43.4 Å². The maximum absolute atomic E-state index is 12.8. The number of allylic oxidation sites excluding steroid dienone is 2. The van der Waals surface area contributed by atoms with Gasteiger partial charge >= 0.3 is 0 Å². The molecule has 2 heterocycles. The van der Waals surface area contributed by atoms with Gasteiger partial charge in [0.25, 0.3) is 0 Å². The Hall–Kier alpha value is -2.43. The predicted molar refractivity (Wildman–Crippen MR) is 138 cm³/mol. The average molecular weight is 562 g/mol. The maximum Gasteiger partial charge on any atom is 0.233 e. The number of aryl methyl sites for hydroxylation is 1. The zero-order valence-corrected chi connectivity index (χ0v) is 21.1. The molecule has 0 spiro atoms. The molecule has 2 bridgehead atoms. The molecular formula is C24H31IN6O2. The van der Waals surface area contributed by atoms with E-state index in [1.54, 1.807) is 0 Å². The topological polar surface area (TPSA) is 91.6 Å². The minimum Gasteiger partial charge on any atom is -0.357 e. The Morgan fingerprint density at radius 2 is 1.82 bits per heavy atom. The first-order chi connectivity index (χ1) is 15.7. The number of carbonyl (C=O) groups is 2. The summed E-state index contributed by atoms with van der Waals surface area (Å²) in [5, 5.41) is 6.51. The highest BCUT2D eigenvalue weighted by atomic mass is 127. The molecule has 0 radical (unpaired) electrons. The molecule has 2 amide bonds. The number of para-hydroxylation sites is 2. The number of benzene rings is 1. The second kappa shape index (κ2) is 10.2. The smallest absolute Gasteiger partial charge is 0.233 e. The van der Waals surface area contributed by atoms with Gasteiger partial charge in [0.2, 0.25) is 11.8 Å². The third kappa shape index (κ3) is 4.51. The molecule has 3 aliphatic rings. The van der Waals surface area contributed by atoms with Crippen LogP contribution in [0.25, 0.3) is 11.0 Å². The molecule has 8 nitrogen and oxygen atoms in total. The number of fused-ring (bicyclic) bond motifs is 6. The summed E-state index contributed by atoms with van der Waals surface area (Å²) >= 11 is 0. The Morgan fingerprint density at radius 3 is 2.55 bits per heavy atom. The molecule has 2 aliphatic carbocycles. The van der Waals surface area contributed by atoms with Crippen LogP contribution < -0.4 is 10.6 Å². The summed E-state index contributed by atoms with van der Waals surface area (Å²) in [5.41, 5.74) is 2.14. The second-order valence-corrected chi connectivity index (χ2v) is 8.80. The highest BCUT2D eigenvalue weighted by Crippen LogP contribution is 2.52. The van der Waals surface area contributed by atoms with E-state index in [1.165, 1.54) is 4.90 Å². The Bertz CT molecular complexity index is 1050. The molecule has 33 heavy (non-hydrogen) atoms. The standard InChI is InChI=1S/C24H30N6O2.HI/c1-2-25-24(26-10-5-12-29-15-28-18-6-3-4-7-19(18)29)27-11-13-30-22(31)20-16-8-9-17(14-16)21(20)23(30)32;/h3-4,6-9,15-17,20-21H,2,5,10-14H2,1H3,(H2,25,26,27);1H. The van der Waals surface area contributed by atoms with Gasteiger partial charge in [0, 0.05) is 32.7 Å². The van der Waals surface area contributed by atoms with E-state index in [0.717, 1.165) is 37.0 Å². The van der Waals surface area contributed by atoms with Crippen molar-refractivity contribution in [2.45, 2.75) is 26.3 Å². The van der Waals surface area contributed by atoms with Crippen LogP contribution in [0, 0.1) is 23.7 Å². The van der Waals surface area contributed by atoms with Crippen molar-refractivity contribution in [3.8, 4) is 0 Å². The highest BCUT2D eigenvalue weighted by Gasteiger charge is 2.58. The zero-order chi connectivity index (χ0) is 22.1. The van der Waals surface area contributed by atoms with Crippen LogP contribution in [0.2, 0.25) is 0 Å². The first-order valence-corrected chi connectivity index (χ1v) is 11.6. The molecular weight excluding hydrogens is 531 g/mol. The number of guanidine groups is 1. The number of nitrogens with one attached hydrogen (secondary N) is 2. The van der Waals surface area contributed by atoms with Gasteiger partial charge in [-0.2, -0.15) is 0 Å². The van der Waals surface area contributed by atoms with Crippen molar-refractivity contribution < 1.29 is 9.59 Å². The van der Waals surface area contributed by atoms with Crippen LogP contribution in [0.4, 0.5) is 0 Å². The van der Waals surface area contributed by atoms with Crippen LogP contribution in [0.1, 0.15) is 19.8 Å². The highest BCUT2D eigenvalue weighted by molar-refractivity contribution is 14.0. The lowest BCUT2D eigenvalue weighted by molar-refractivity contribution is -0.140. The van der Waals surface area contributed by atoms with Crippen LogP contribution in [-0.2, 0) is 16.1 Å². The fourth-order valence-electron chi connectivity index (χ4n) is 5.43. The number of imidazole rings is 1. The third-order valence-corrected chi connectivity index (χ3v) is 6.89. The number of aliphatic imine (C=N–C) groups is 1. The van der Waals surface area contributed by atoms with Gasteiger partial charge in [0.15, 0.2) is 5.96 Å². The molecule has 1 aromatic carbocycles. The predicted octanol–water partition coefficient (Wildman–Crippen LogP) is 2.41. The summed E-state index contributed by atoms with van der Waals surface area (Å²) < 4.78 is 2.15. The van der Waals surface area contributed by atoms with E-state index >= 15 is 0 Å². The van der Waals surface area contributed by atoms with Gasteiger partial charge < -0.3 is 15.2 Å². The Labute approximate surface area is 210 Å². The summed E-state index contributed by atoms with van der Waals surface area (Å²) in [6.45, 7) is 5.17. The first-order valence-electron chi connectivity index (χ1n) is 11.6. The van der Waals surface area contributed by atoms with Gasteiger partial charge in [-0.3, -0.25) is 19.5 Å². The van der Waals surface area contributed by atoms with Crippen molar-refractivity contribution in [3.63, 3.8) is 0 Å². The van der Waals surface area contributed by atoms with Gasteiger partial charge in [-0.25, -0.2) is 4.98 Å². The molecule has 2 aromatic rings. The minimum atomic E-state index is -0.126. The first kappa shape index (κ1) is 23.7. The fraction of sp³-hybridized carbons (Fsp3) is 0.500. The summed E-state index contributed by atoms with van der Waals surface area (Å²) in [6.07, 6.45) is 7.98. The largest absolute Gasteiger partial charge is 0.357 e. The number of aromatic nitrogens is 2.